The first kappa shape index (κ1) is 11.1. The Bertz CT molecular complexity index is 414. The number of hydrogen-bond donors (Lipinski definition) is 0. The van der Waals surface area contributed by atoms with Gasteiger partial charge < -0.3 is 0 Å². The average Bonchev–Trinajstić information content (AvgIpc) is 2.38. The molecule has 78 valence electrons. The Morgan fingerprint density at radius 1 is 1.27 bits per heavy atom. The van der Waals surface area contributed by atoms with Gasteiger partial charge in [0, 0.05) is 0 Å². The van der Waals surface area contributed by atoms with Crippen LogP contribution >= 0.6 is 0 Å². The molecule has 0 spiro atoms. The van der Waals surface area contributed by atoms with Gasteiger partial charge in [0.1, 0.15) is 0 Å². The van der Waals surface area contributed by atoms with Gasteiger partial charge >= 0.3 is 104 Å². The summed E-state index contributed by atoms with van der Waals surface area (Å²) in [6, 6.07) is 9.79. The fraction of sp³-hybridized carbons (Fsp3) is 0.273. The van der Waals surface area contributed by atoms with Crippen LogP contribution in [0.15, 0.2) is 30.3 Å². The van der Waals surface area contributed by atoms with E-state index in [1.807, 2.05) is 44.2 Å². The summed E-state index contributed by atoms with van der Waals surface area (Å²) in [5, 5.41) is 0. The van der Waals surface area contributed by atoms with Crippen LogP contribution in [0, 0.1) is 0 Å². The summed E-state index contributed by atoms with van der Waals surface area (Å²) in [6.07, 6.45) is 0. The third-order valence-corrected chi connectivity index (χ3v) is 5.74. The minimum atomic E-state index is -0.219. The first-order chi connectivity index (χ1) is 7.02. The van der Waals surface area contributed by atoms with Crippen LogP contribution in [0.2, 0.25) is 4.31 Å². The second kappa shape index (κ2) is 3.88. The number of carbonyl (C=O) groups is 1. The van der Waals surface area contributed by atoms with Gasteiger partial charge in [-0.15, -0.1) is 0 Å². The van der Waals surface area contributed by atoms with E-state index in [1.54, 1.807) is 4.90 Å². The van der Waals surface area contributed by atoms with E-state index >= 15 is 0 Å². The van der Waals surface area contributed by atoms with Gasteiger partial charge in [-0.3, -0.25) is 0 Å². The predicted molar refractivity (Wildman–Crippen MR) is 64.5 cm³/mol. The van der Waals surface area contributed by atoms with E-state index in [2.05, 4.69) is 15.6 Å². The van der Waals surface area contributed by atoms with Gasteiger partial charge in [0.15, 0.2) is 0 Å². The molecule has 0 aromatic heterocycles. The van der Waals surface area contributed by atoms with Crippen molar-refractivity contribution >= 4 is 45.6 Å². The third kappa shape index (κ3) is 1.95. The molecule has 15 heavy (non-hydrogen) atoms. The molecule has 0 atom stereocenters. The van der Waals surface area contributed by atoms with Crippen molar-refractivity contribution in [2.24, 2.45) is 0 Å². The number of benzene rings is 1. The summed E-state index contributed by atoms with van der Waals surface area (Å²) < 4.78 is 0.854. The summed E-state index contributed by atoms with van der Waals surface area (Å²) in [7, 11) is 0. The zero-order chi connectivity index (χ0) is 11.1. The Hall–Kier alpha value is -0.401. The second-order valence-electron chi connectivity index (χ2n) is 3.85. The van der Waals surface area contributed by atoms with Crippen molar-refractivity contribution in [3.8, 4) is 0 Å². The van der Waals surface area contributed by atoms with Gasteiger partial charge in [-0.1, -0.05) is 0 Å². The van der Waals surface area contributed by atoms with E-state index in [0.717, 1.165) is 9.13 Å². The van der Waals surface area contributed by atoms with E-state index in [-0.39, 0.29) is 25.2 Å². The van der Waals surface area contributed by atoms with Gasteiger partial charge in [0.05, 0.1) is 0 Å². The molecule has 1 fully saturated rings. The molecule has 1 aromatic carbocycles. The first-order valence-corrected chi connectivity index (χ1v) is 7.22. The van der Waals surface area contributed by atoms with Crippen LogP contribution in [-0.2, 0) is 4.79 Å². The topological polar surface area (TPSA) is 20.3 Å². The van der Waals surface area contributed by atoms with Crippen LogP contribution in [0.3, 0.4) is 0 Å². The van der Waals surface area contributed by atoms with Crippen molar-refractivity contribution in [1.82, 2.24) is 0 Å². The van der Waals surface area contributed by atoms with Crippen molar-refractivity contribution in [1.29, 1.82) is 0 Å². The zero-order valence-electron chi connectivity index (χ0n) is 8.56. The molecule has 0 N–H and O–H groups in total. The van der Waals surface area contributed by atoms with Crippen LogP contribution in [0.5, 0.6) is 0 Å². The molecule has 1 heterocycles. The van der Waals surface area contributed by atoms with Crippen molar-refractivity contribution in [3.63, 3.8) is 0 Å². The number of para-hydroxylation sites is 1. The molecular weight excluding hydrogens is 320 g/mol. The summed E-state index contributed by atoms with van der Waals surface area (Å²) in [4.78, 5) is 13.9. The quantitative estimate of drug-likeness (QED) is 0.708. The fourth-order valence-electron chi connectivity index (χ4n) is 1.46. The standard InChI is InChI=1S/C11H11NOSe2/c1-11(2)9(13)12(10(14)15-11)8-6-4-3-5-7-8/h3-7H,1-2H3. The summed E-state index contributed by atoms with van der Waals surface area (Å²) in [5.74, 6) is 0.197. The van der Waals surface area contributed by atoms with Gasteiger partial charge in [-0.2, -0.15) is 0 Å². The second-order valence-corrected chi connectivity index (χ2v) is 9.36. The Morgan fingerprint density at radius 3 is 2.33 bits per heavy atom. The number of carbonyl (C=O) groups excluding carboxylic acids is 1. The number of nitrogens with zero attached hydrogens (tertiary/aromatic N) is 1. The monoisotopic (exact) mass is 333 g/mol. The molecule has 0 aliphatic carbocycles. The predicted octanol–water partition coefficient (Wildman–Crippen LogP) is 1.19. The van der Waals surface area contributed by atoms with E-state index < -0.39 is 0 Å². The minimum absolute atomic E-state index is 0.197. The summed E-state index contributed by atoms with van der Waals surface area (Å²) in [5.41, 5.74) is 0.962. The fourth-order valence-corrected chi connectivity index (χ4v) is 6.00. The van der Waals surface area contributed by atoms with Gasteiger partial charge in [-0.05, 0) is 0 Å². The van der Waals surface area contributed by atoms with Crippen molar-refractivity contribution < 1.29 is 4.79 Å². The molecule has 1 aliphatic rings. The number of amides is 1. The van der Waals surface area contributed by atoms with E-state index in [9.17, 15) is 4.79 Å². The molecular formula is C11H11NOSe2. The summed E-state index contributed by atoms with van der Waals surface area (Å²) >= 11 is 3.23. The maximum atomic E-state index is 12.1. The van der Waals surface area contributed by atoms with E-state index in [1.165, 1.54) is 0 Å². The van der Waals surface area contributed by atoms with Gasteiger partial charge in [0.25, 0.3) is 0 Å². The Balaban J connectivity index is 2.40. The zero-order valence-corrected chi connectivity index (χ0v) is 12.0. The molecule has 1 amide bonds. The number of rotatable bonds is 1. The Kier molecular flexibility index (Phi) is 2.87. The van der Waals surface area contributed by atoms with Gasteiger partial charge in [-0.25, -0.2) is 0 Å². The van der Waals surface area contributed by atoms with Crippen LogP contribution in [0.25, 0.3) is 0 Å². The number of hydrogen-bond acceptors (Lipinski definition) is 1. The van der Waals surface area contributed by atoms with E-state index in [4.69, 9.17) is 0 Å². The molecule has 1 aromatic rings. The molecule has 0 bridgehead atoms. The third-order valence-electron chi connectivity index (χ3n) is 2.26. The Labute approximate surface area is 104 Å². The maximum absolute atomic E-state index is 12.1. The molecule has 0 radical (unpaired) electrons. The van der Waals surface area contributed by atoms with E-state index in [0.29, 0.717) is 0 Å². The SMILES string of the molecule is CC1(C)[Se]C(=[Se])N(c2ccccc2)C1=O. The molecule has 1 saturated heterocycles. The van der Waals surface area contributed by atoms with Crippen molar-refractivity contribution in [3.05, 3.63) is 30.3 Å². The number of anilines is 1. The first-order valence-electron chi connectivity index (χ1n) is 4.65. The van der Waals surface area contributed by atoms with Crippen LogP contribution in [-0.4, -0.2) is 39.9 Å². The average molecular weight is 331 g/mol. The molecule has 1 aliphatic heterocycles. The van der Waals surface area contributed by atoms with Crippen LogP contribution < -0.4 is 4.90 Å². The Morgan fingerprint density at radius 2 is 1.87 bits per heavy atom. The summed E-state index contributed by atoms with van der Waals surface area (Å²) in [6.45, 7) is 4.02. The van der Waals surface area contributed by atoms with Crippen molar-refractivity contribution in [2.75, 3.05) is 4.90 Å². The molecule has 2 rings (SSSR count). The van der Waals surface area contributed by atoms with Crippen LogP contribution in [0.1, 0.15) is 13.8 Å². The molecule has 0 unspecified atom stereocenters. The normalized spacial score (nSPS) is 19.7. The van der Waals surface area contributed by atoms with Gasteiger partial charge in [0.2, 0.25) is 0 Å². The molecule has 0 saturated carbocycles. The molecule has 2 nitrogen and oxygen atoms in total. The van der Waals surface area contributed by atoms with Crippen molar-refractivity contribution in [2.45, 2.75) is 18.2 Å². The molecule has 4 heteroatoms. The van der Waals surface area contributed by atoms with Crippen LogP contribution in [0.4, 0.5) is 5.69 Å².